The summed E-state index contributed by atoms with van der Waals surface area (Å²) in [6, 6.07) is 20.2. The SMILES string of the molecule is CC(=O)NCCNCc1cc(Cl)c(OCc2cccc(-c3cccc(OCCCN4CC5COCC5C4)c3C)c2C)cc1OCc1cccnc1. The second-order valence-electron chi connectivity index (χ2n) is 13.5. The van der Waals surface area contributed by atoms with Crippen molar-refractivity contribution in [2.45, 2.75) is 47.0 Å². The van der Waals surface area contributed by atoms with E-state index in [1.54, 1.807) is 12.4 Å². The summed E-state index contributed by atoms with van der Waals surface area (Å²) in [6.07, 6.45) is 4.53. The second kappa shape index (κ2) is 17.9. The van der Waals surface area contributed by atoms with Gasteiger partial charge in [-0.3, -0.25) is 9.78 Å². The molecule has 1 amide bonds. The molecule has 0 saturated carbocycles. The average Bonchev–Trinajstić information content (AvgIpc) is 3.73. The fourth-order valence-corrected chi connectivity index (χ4v) is 7.18. The molecule has 2 aliphatic rings. The molecule has 2 aliphatic heterocycles. The number of carbonyl (C=O) groups excluding carboxylic acids is 1. The molecule has 0 aliphatic carbocycles. The number of fused-ring (bicyclic) bond motifs is 1. The van der Waals surface area contributed by atoms with Crippen molar-refractivity contribution in [3.63, 3.8) is 0 Å². The normalized spacial score (nSPS) is 16.9. The van der Waals surface area contributed by atoms with Crippen molar-refractivity contribution in [2.24, 2.45) is 11.8 Å². The van der Waals surface area contributed by atoms with Gasteiger partial charge in [0.2, 0.25) is 5.91 Å². The molecule has 9 nitrogen and oxygen atoms in total. The summed E-state index contributed by atoms with van der Waals surface area (Å²) in [6.45, 7) is 14.0. The highest BCUT2D eigenvalue weighted by Gasteiger charge is 2.36. The second-order valence-corrected chi connectivity index (χ2v) is 13.9. The molecule has 270 valence electrons. The van der Waals surface area contributed by atoms with Crippen LogP contribution in [0.25, 0.3) is 11.1 Å². The van der Waals surface area contributed by atoms with Crippen LogP contribution < -0.4 is 24.8 Å². The molecule has 3 aromatic carbocycles. The Morgan fingerprint density at radius 1 is 0.882 bits per heavy atom. The van der Waals surface area contributed by atoms with Crippen LogP contribution in [0.4, 0.5) is 0 Å². The van der Waals surface area contributed by atoms with Crippen LogP contribution >= 0.6 is 11.6 Å². The molecule has 2 atom stereocenters. The zero-order chi connectivity index (χ0) is 35.6. The van der Waals surface area contributed by atoms with Gasteiger partial charge in [-0.15, -0.1) is 0 Å². The number of amides is 1. The predicted molar refractivity (Wildman–Crippen MR) is 200 cm³/mol. The van der Waals surface area contributed by atoms with Gasteiger partial charge in [0.15, 0.2) is 0 Å². The molecule has 0 bridgehead atoms. The number of nitrogens with zero attached hydrogens (tertiary/aromatic N) is 2. The van der Waals surface area contributed by atoms with E-state index in [1.807, 2.05) is 24.3 Å². The maximum Gasteiger partial charge on any atom is 0.216 e. The fourth-order valence-electron chi connectivity index (χ4n) is 6.94. The maximum atomic E-state index is 11.2. The number of ether oxygens (including phenoxy) is 4. The molecule has 51 heavy (non-hydrogen) atoms. The van der Waals surface area contributed by atoms with Gasteiger partial charge in [0.25, 0.3) is 0 Å². The van der Waals surface area contributed by atoms with Crippen LogP contribution in [0.15, 0.2) is 73.1 Å². The van der Waals surface area contributed by atoms with E-state index in [0.29, 0.717) is 67.8 Å². The van der Waals surface area contributed by atoms with Crippen molar-refractivity contribution in [3.05, 3.63) is 106 Å². The Labute approximate surface area is 306 Å². The largest absolute Gasteiger partial charge is 0.493 e. The quantitative estimate of drug-likeness (QED) is 0.116. The van der Waals surface area contributed by atoms with Crippen LogP contribution in [0.1, 0.15) is 41.2 Å². The van der Waals surface area contributed by atoms with Gasteiger partial charge in [-0.2, -0.15) is 0 Å². The third kappa shape index (κ3) is 9.80. The number of pyridine rings is 1. The Morgan fingerprint density at radius 3 is 2.41 bits per heavy atom. The highest BCUT2D eigenvalue weighted by Crippen LogP contribution is 2.36. The molecule has 2 saturated heterocycles. The highest BCUT2D eigenvalue weighted by molar-refractivity contribution is 6.32. The maximum absolute atomic E-state index is 11.2. The molecular formula is C41H49ClN4O5. The minimum absolute atomic E-state index is 0.0581. The standard InChI is InChI=1S/C41H49ClN4O5/c1-28-32(9-4-10-36(28)37-11-5-12-39(29(37)2)49-17-7-16-46-22-34-25-48-26-35(34)23-46)27-51-41-19-40(50-24-31-8-6-13-43-20-31)33(18-38(41)42)21-44-14-15-45-30(3)47/h4-6,8-13,18-20,34-35,44H,7,14-17,21-27H2,1-3H3,(H,45,47). The number of hydrogen-bond donors (Lipinski definition) is 2. The van der Waals surface area contributed by atoms with E-state index in [-0.39, 0.29) is 5.91 Å². The van der Waals surface area contributed by atoms with Crippen LogP contribution in [0.5, 0.6) is 17.2 Å². The lowest BCUT2D eigenvalue weighted by Gasteiger charge is -2.19. The Hall–Kier alpha value is -4.15. The zero-order valence-electron chi connectivity index (χ0n) is 29.9. The monoisotopic (exact) mass is 712 g/mol. The summed E-state index contributed by atoms with van der Waals surface area (Å²) in [7, 11) is 0. The van der Waals surface area contributed by atoms with Crippen LogP contribution in [0.3, 0.4) is 0 Å². The van der Waals surface area contributed by atoms with E-state index in [1.165, 1.54) is 6.92 Å². The topological polar surface area (TPSA) is 94.2 Å². The van der Waals surface area contributed by atoms with Gasteiger partial charge >= 0.3 is 0 Å². The summed E-state index contributed by atoms with van der Waals surface area (Å²) in [4.78, 5) is 18.0. The van der Waals surface area contributed by atoms with Crippen molar-refractivity contribution in [2.75, 3.05) is 52.5 Å². The Kier molecular flexibility index (Phi) is 12.8. The van der Waals surface area contributed by atoms with Crippen LogP contribution in [0.2, 0.25) is 5.02 Å². The summed E-state index contributed by atoms with van der Waals surface area (Å²) in [5.41, 5.74) is 7.49. The van der Waals surface area contributed by atoms with Crippen LogP contribution in [0, 0.1) is 25.7 Å². The lowest BCUT2D eigenvalue weighted by atomic mass is 9.93. The van der Waals surface area contributed by atoms with E-state index in [4.69, 9.17) is 30.5 Å². The van der Waals surface area contributed by atoms with Crippen molar-refractivity contribution >= 4 is 17.5 Å². The summed E-state index contributed by atoms with van der Waals surface area (Å²) >= 11 is 6.79. The van der Waals surface area contributed by atoms with Gasteiger partial charge in [-0.25, -0.2) is 0 Å². The zero-order valence-corrected chi connectivity index (χ0v) is 30.6. The number of likely N-dealkylation sites (tertiary alicyclic amines) is 1. The van der Waals surface area contributed by atoms with E-state index in [0.717, 1.165) is 84.0 Å². The van der Waals surface area contributed by atoms with Crippen molar-refractivity contribution in [1.29, 1.82) is 0 Å². The predicted octanol–water partition coefficient (Wildman–Crippen LogP) is 6.75. The third-order valence-corrected chi connectivity index (χ3v) is 10.1. The summed E-state index contributed by atoms with van der Waals surface area (Å²) in [5.74, 6) is 3.50. The van der Waals surface area contributed by atoms with Gasteiger partial charge < -0.3 is 34.5 Å². The fraction of sp³-hybridized carbons (Fsp3) is 0.415. The lowest BCUT2D eigenvalue weighted by Crippen LogP contribution is -2.30. The van der Waals surface area contributed by atoms with Gasteiger partial charge in [-0.1, -0.05) is 48.0 Å². The average molecular weight is 713 g/mol. The van der Waals surface area contributed by atoms with Gasteiger partial charge in [0.05, 0.1) is 24.8 Å². The molecule has 0 radical (unpaired) electrons. The minimum atomic E-state index is -0.0581. The van der Waals surface area contributed by atoms with Crippen molar-refractivity contribution < 1.29 is 23.7 Å². The van der Waals surface area contributed by atoms with Crippen LogP contribution in [-0.2, 0) is 29.3 Å². The van der Waals surface area contributed by atoms with Gasteiger partial charge in [0.1, 0.15) is 30.5 Å². The molecule has 10 heteroatoms. The Balaban J connectivity index is 1.10. The number of aromatic nitrogens is 1. The molecule has 0 spiro atoms. The van der Waals surface area contributed by atoms with Gasteiger partial charge in [-0.05, 0) is 66.3 Å². The van der Waals surface area contributed by atoms with Gasteiger partial charge in [0, 0.05) is 87.6 Å². The number of hydrogen-bond acceptors (Lipinski definition) is 8. The number of nitrogens with one attached hydrogen (secondary N) is 2. The first-order valence-corrected chi connectivity index (χ1v) is 18.3. The molecule has 4 aromatic rings. The molecule has 2 N–H and O–H groups in total. The van der Waals surface area contributed by atoms with E-state index in [2.05, 4.69) is 70.8 Å². The molecule has 1 aromatic heterocycles. The Bertz CT molecular complexity index is 1760. The molecule has 6 rings (SSSR count). The lowest BCUT2D eigenvalue weighted by molar-refractivity contribution is -0.118. The first-order chi connectivity index (χ1) is 24.9. The number of halogens is 1. The third-order valence-electron chi connectivity index (χ3n) is 9.82. The molecule has 3 heterocycles. The van der Waals surface area contributed by atoms with Crippen molar-refractivity contribution in [1.82, 2.24) is 20.5 Å². The number of carbonyl (C=O) groups is 1. The van der Waals surface area contributed by atoms with Crippen LogP contribution in [-0.4, -0.2) is 68.3 Å². The smallest absolute Gasteiger partial charge is 0.216 e. The first kappa shape index (κ1) is 36.6. The summed E-state index contributed by atoms with van der Waals surface area (Å²) < 4.78 is 24.6. The van der Waals surface area contributed by atoms with E-state index >= 15 is 0 Å². The first-order valence-electron chi connectivity index (χ1n) is 17.9. The van der Waals surface area contributed by atoms with E-state index in [9.17, 15) is 4.79 Å². The molecular weight excluding hydrogens is 664 g/mol. The van der Waals surface area contributed by atoms with Crippen molar-refractivity contribution in [3.8, 4) is 28.4 Å². The number of rotatable bonds is 17. The molecule has 2 fully saturated rings. The highest BCUT2D eigenvalue weighted by atomic mass is 35.5. The number of benzene rings is 3. The Morgan fingerprint density at radius 2 is 1.65 bits per heavy atom. The summed E-state index contributed by atoms with van der Waals surface area (Å²) in [5, 5.41) is 6.65. The molecule has 2 unspecified atom stereocenters. The minimum Gasteiger partial charge on any atom is -0.493 e. The van der Waals surface area contributed by atoms with E-state index < -0.39 is 0 Å².